The molecule has 0 spiro atoms. The maximum absolute atomic E-state index is 12.8. The van der Waals surface area contributed by atoms with Crippen LogP contribution in [0.2, 0.25) is 0 Å². The Kier molecular flexibility index (Phi) is 5.95. The second kappa shape index (κ2) is 7.42. The van der Waals surface area contributed by atoms with Crippen molar-refractivity contribution in [2.45, 2.75) is 59.3 Å². The van der Waals surface area contributed by atoms with Gasteiger partial charge in [-0.1, -0.05) is 20.8 Å². The number of nitrogens with zero attached hydrogens (tertiary/aromatic N) is 1. The van der Waals surface area contributed by atoms with Crippen LogP contribution < -0.4 is 0 Å². The zero-order valence-electron chi connectivity index (χ0n) is 15.6. The average Bonchev–Trinajstić information content (AvgIpc) is 2.45. The lowest BCUT2D eigenvalue weighted by atomic mass is 9.67. The van der Waals surface area contributed by atoms with E-state index >= 15 is 0 Å². The van der Waals surface area contributed by atoms with Gasteiger partial charge >= 0.3 is 5.97 Å². The quantitative estimate of drug-likeness (QED) is 0.835. The van der Waals surface area contributed by atoms with Crippen LogP contribution in [0.3, 0.4) is 0 Å². The average molecular weight is 339 g/mol. The van der Waals surface area contributed by atoms with Gasteiger partial charge < -0.3 is 14.7 Å². The van der Waals surface area contributed by atoms with Crippen molar-refractivity contribution in [1.29, 1.82) is 0 Å². The third kappa shape index (κ3) is 4.50. The maximum atomic E-state index is 12.8. The van der Waals surface area contributed by atoms with Crippen LogP contribution in [0, 0.1) is 22.7 Å². The Bertz CT molecular complexity index is 472. The van der Waals surface area contributed by atoms with Gasteiger partial charge in [0.2, 0.25) is 5.91 Å². The Balaban J connectivity index is 2.00. The number of aliphatic carboxylic acids is 1. The summed E-state index contributed by atoms with van der Waals surface area (Å²) in [4.78, 5) is 26.3. The van der Waals surface area contributed by atoms with E-state index in [1.54, 1.807) is 4.90 Å². The lowest BCUT2D eigenvalue weighted by Gasteiger charge is -2.42. The van der Waals surface area contributed by atoms with Crippen LogP contribution in [0.1, 0.15) is 59.3 Å². The lowest BCUT2D eigenvalue weighted by molar-refractivity contribution is -0.159. The first-order valence-electron chi connectivity index (χ1n) is 9.17. The highest BCUT2D eigenvalue weighted by atomic mass is 16.5. The summed E-state index contributed by atoms with van der Waals surface area (Å²) in [6, 6.07) is 0. The summed E-state index contributed by atoms with van der Waals surface area (Å²) in [5, 5.41) is 9.63. The number of likely N-dealkylation sites (tertiary alicyclic amines) is 1. The summed E-state index contributed by atoms with van der Waals surface area (Å²) in [6.45, 7) is 7.96. The first-order chi connectivity index (χ1) is 11.2. The molecule has 2 aliphatic rings. The number of carboxylic acid groups (broad SMARTS) is 1. The molecule has 5 nitrogen and oxygen atoms in total. The van der Waals surface area contributed by atoms with Gasteiger partial charge in [0.1, 0.15) is 5.41 Å². The number of ether oxygens (including phenoxy) is 1. The van der Waals surface area contributed by atoms with Crippen LogP contribution in [0.4, 0.5) is 0 Å². The van der Waals surface area contributed by atoms with Crippen molar-refractivity contribution in [2.24, 2.45) is 22.7 Å². The molecule has 24 heavy (non-hydrogen) atoms. The molecule has 138 valence electrons. The first kappa shape index (κ1) is 19.2. The molecule has 3 atom stereocenters. The topological polar surface area (TPSA) is 66.8 Å². The molecule has 1 amide bonds. The standard InChI is InChI=1S/C19H33NO4/c1-14-8-15(11-18(2,3)10-14)9-16(21)20-7-5-6-19(12-20,13-24-4)17(22)23/h14-15H,5-13H2,1-4H3,(H,22,23). The molecule has 1 heterocycles. The zero-order valence-corrected chi connectivity index (χ0v) is 15.6. The van der Waals surface area contributed by atoms with Gasteiger partial charge in [-0.25, -0.2) is 0 Å². The number of carbonyl (C=O) groups excluding carboxylic acids is 1. The van der Waals surface area contributed by atoms with Gasteiger partial charge in [0.15, 0.2) is 0 Å². The summed E-state index contributed by atoms with van der Waals surface area (Å²) in [5.41, 5.74) is -0.646. The van der Waals surface area contributed by atoms with E-state index in [1.807, 2.05) is 0 Å². The molecule has 0 aromatic carbocycles. The number of rotatable bonds is 5. The van der Waals surface area contributed by atoms with Crippen molar-refractivity contribution in [1.82, 2.24) is 4.90 Å². The molecule has 2 rings (SSSR count). The molecule has 0 aromatic rings. The maximum Gasteiger partial charge on any atom is 0.313 e. The van der Waals surface area contributed by atoms with Crippen molar-refractivity contribution in [3.8, 4) is 0 Å². The highest BCUT2D eigenvalue weighted by Crippen LogP contribution is 2.43. The van der Waals surface area contributed by atoms with Crippen LogP contribution in [-0.2, 0) is 14.3 Å². The van der Waals surface area contributed by atoms with Crippen molar-refractivity contribution >= 4 is 11.9 Å². The van der Waals surface area contributed by atoms with E-state index < -0.39 is 11.4 Å². The first-order valence-corrected chi connectivity index (χ1v) is 9.17. The number of hydrogen-bond donors (Lipinski definition) is 1. The summed E-state index contributed by atoms with van der Waals surface area (Å²) in [6.07, 6.45) is 5.26. The number of carboxylic acids is 1. The smallest absolute Gasteiger partial charge is 0.313 e. The minimum absolute atomic E-state index is 0.117. The lowest BCUT2D eigenvalue weighted by Crippen LogP contribution is -2.52. The Labute approximate surface area is 145 Å². The summed E-state index contributed by atoms with van der Waals surface area (Å²) >= 11 is 0. The Hall–Kier alpha value is -1.10. The molecule has 5 heteroatoms. The highest BCUT2D eigenvalue weighted by Gasteiger charge is 2.44. The molecule has 1 aliphatic carbocycles. The molecule has 2 fully saturated rings. The van der Waals surface area contributed by atoms with E-state index in [9.17, 15) is 14.7 Å². The van der Waals surface area contributed by atoms with E-state index in [1.165, 1.54) is 13.5 Å². The van der Waals surface area contributed by atoms with Crippen LogP contribution in [0.25, 0.3) is 0 Å². The fourth-order valence-electron chi connectivity index (χ4n) is 5.05. The number of hydrogen-bond acceptors (Lipinski definition) is 3. The van der Waals surface area contributed by atoms with E-state index in [2.05, 4.69) is 20.8 Å². The SMILES string of the molecule is COCC1(C(=O)O)CCCN(C(=O)CC2CC(C)CC(C)(C)C2)C1. The molecule has 1 saturated heterocycles. The van der Waals surface area contributed by atoms with E-state index in [0.29, 0.717) is 36.6 Å². The predicted molar refractivity (Wildman–Crippen MR) is 92.7 cm³/mol. The number of piperidine rings is 1. The second-order valence-corrected chi connectivity index (χ2v) is 8.92. The largest absolute Gasteiger partial charge is 0.481 e. The Morgan fingerprint density at radius 2 is 2.00 bits per heavy atom. The van der Waals surface area contributed by atoms with E-state index in [0.717, 1.165) is 19.3 Å². The van der Waals surface area contributed by atoms with Gasteiger partial charge in [0, 0.05) is 26.6 Å². The van der Waals surface area contributed by atoms with Crippen molar-refractivity contribution in [2.75, 3.05) is 26.8 Å². The van der Waals surface area contributed by atoms with E-state index in [4.69, 9.17) is 4.74 Å². The molecule has 1 N–H and O–H groups in total. The van der Waals surface area contributed by atoms with Gasteiger partial charge in [0.25, 0.3) is 0 Å². The minimum Gasteiger partial charge on any atom is -0.481 e. The Morgan fingerprint density at radius 3 is 2.58 bits per heavy atom. The zero-order chi connectivity index (χ0) is 18.0. The second-order valence-electron chi connectivity index (χ2n) is 8.92. The van der Waals surface area contributed by atoms with Crippen LogP contribution in [0.15, 0.2) is 0 Å². The third-order valence-corrected chi connectivity index (χ3v) is 5.75. The molecule has 3 unspecified atom stereocenters. The third-order valence-electron chi connectivity index (χ3n) is 5.75. The van der Waals surface area contributed by atoms with Crippen molar-refractivity contribution in [3.63, 3.8) is 0 Å². The van der Waals surface area contributed by atoms with Crippen LogP contribution in [-0.4, -0.2) is 48.7 Å². The van der Waals surface area contributed by atoms with Gasteiger partial charge in [-0.2, -0.15) is 0 Å². The highest BCUT2D eigenvalue weighted by molar-refractivity contribution is 5.80. The Morgan fingerprint density at radius 1 is 1.29 bits per heavy atom. The number of methoxy groups -OCH3 is 1. The van der Waals surface area contributed by atoms with E-state index in [-0.39, 0.29) is 19.1 Å². The van der Waals surface area contributed by atoms with Gasteiger partial charge in [-0.05, 0) is 49.4 Å². The van der Waals surface area contributed by atoms with Crippen LogP contribution >= 0.6 is 0 Å². The molecule has 0 radical (unpaired) electrons. The van der Waals surface area contributed by atoms with Gasteiger partial charge in [0.05, 0.1) is 6.61 Å². The molecule has 1 saturated carbocycles. The summed E-state index contributed by atoms with van der Waals surface area (Å²) in [7, 11) is 1.52. The van der Waals surface area contributed by atoms with Crippen molar-refractivity contribution < 1.29 is 19.4 Å². The molecule has 0 aromatic heterocycles. The fourth-order valence-corrected chi connectivity index (χ4v) is 5.05. The summed E-state index contributed by atoms with van der Waals surface area (Å²) in [5.74, 6) is 0.333. The minimum atomic E-state index is -0.943. The number of amides is 1. The normalized spacial score (nSPS) is 33.2. The van der Waals surface area contributed by atoms with Crippen LogP contribution in [0.5, 0.6) is 0 Å². The fraction of sp³-hybridized carbons (Fsp3) is 0.895. The molecule has 1 aliphatic heterocycles. The molecule has 0 bridgehead atoms. The predicted octanol–water partition coefficient (Wildman–Crippen LogP) is 3.18. The molecular formula is C19H33NO4. The van der Waals surface area contributed by atoms with Gasteiger partial charge in [-0.15, -0.1) is 0 Å². The molecular weight excluding hydrogens is 306 g/mol. The monoisotopic (exact) mass is 339 g/mol. The summed E-state index contributed by atoms with van der Waals surface area (Å²) < 4.78 is 5.15. The van der Waals surface area contributed by atoms with Gasteiger partial charge in [-0.3, -0.25) is 9.59 Å². The number of carbonyl (C=O) groups is 2. The van der Waals surface area contributed by atoms with Crippen molar-refractivity contribution in [3.05, 3.63) is 0 Å².